The van der Waals surface area contributed by atoms with E-state index in [0.29, 0.717) is 18.9 Å². The molecule has 4 nitrogen and oxygen atoms in total. The second-order valence-corrected chi connectivity index (χ2v) is 6.10. The Bertz CT molecular complexity index is 509. The van der Waals surface area contributed by atoms with E-state index in [2.05, 4.69) is 5.32 Å². The average molecular weight is 286 g/mol. The van der Waals surface area contributed by atoms with Gasteiger partial charge in [0.2, 0.25) is 11.8 Å². The van der Waals surface area contributed by atoms with Crippen molar-refractivity contribution >= 4 is 11.8 Å². The SMILES string of the molecule is O=C1CCN(CC2CCCC2)C(=O)C(c2ccccc2)N1. The summed E-state index contributed by atoms with van der Waals surface area (Å²) in [7, 11) is 0. The van der Waals surface area contributed by atoms with Gasteiger partial charge in [-0.2, -0.15) is 0 Å². The minimum atomic E-state index is -0.525. The molecule has 0 spiro atoms. The van der Waals surface area contributed by atoms with Crippen LogP contribution in [0.1, 0.15) is 43.7 Å². The Hall–Kier alpha value is -1.84. The van der Waals surface area contributed by atoms with E-state index < -0.39 is 6.04 Å². The molecule has 1 aliphatic heterocycles. The molecule has 1 N–H and O–H groups in total. The Labute approximate surface area is 125 Å². The third kappa shape index (κ3) is 3.26. The van der Waals surface area contributed by atoms with Gasteiger partial charge in [0.1, 0.15) is 6.04 Å². The Morgan fingerprint density at radius 3 is 2.52 bits per heavy atom. The highest BCUT2D eigenvalue weighted by Gasteiger charge is 2.32. The molecule has 1 aromatic carbocycles. The Morgan fingerprint density at radius 1 is 1.10 bits per heavy atom. The number of benzene rings is 1. The molecule has 4 heteroatoms. The van der Waals surface area contributed by atoms with Crippen molar-refractivity contribution in [3.63, 3.8) is 0 Å². The lowest BCUT2D eigenvalue weighted by atomic mass is 10.0. The maximum atomic E-state index is 12.8. The molecule has 1 heterocycles. The Balaban J connectivity index is 1.78. The van der Waals surface area contributed by atoms with Crippen LogP contribution in [0.2, 0.25) is 0 Å². The van der Waals surface area contributed by atoms with Crippen LogP contribution in [0.5, 0.6) is 0 Å². The molecule has 21 heavy (non-hydrogen) atoms. The van der Waals surface area contributed by atoms with E-state index in [-0.39, 0.29) is 11.8 Å². The Morgan fingerprint density at radius 2 is 1.81 bits per heavy atom. The van der Waals surface area contributed by atoms with Crippen molar-refractivity contribution < 1.29 is 9.59 Å². The summed E-state index contributed by atoms with van der Waals surface area (Å²) in [6.45, 7) is 1.35. The number of amides is 2. The third-order valence-corrected chi connectivity index (χ3v) is 4.56. The molecular formula is C17H22N2O2. The lowest BCUT2D eigenvalue weighted by molar-refractivity contribution is -0.134. The van der Waals surface area contributed by atoms with Crippen molar-refractivity contribution in [2.45, 2.75) is 38.1 Å². The van der Waals surface area contributed by atoms with Gasteiger partial charge in [-0.25, -0.2) is 0 Å². The van der Waals surface area contributed by atoms with Crippen molar-refractivity contribution in [2.24, 2.45) is 5.92 Å². The second-order valence-electron chi connectivity index (χ2n) is 6.10. The van der Waals surface area contributed by atoms with Crippen LogP contribution in [-0.2, 0) is 9.59 Å². The summed E-state index contributed by atoms with van der Waals surface area (Å²) in [6.07, 6.45) is 5.36. The van der Waals surface area contributed by atoms with Crippen molar-refractivity contribution in [3.8, 4) is 0 Å². The number of hydrogen-bond acceptors (Lipinski definition) is 2. The van der Waals surface area contributed by atoms with Crippen LogP contribution in [0.15, 0.2) is 30.3 Å². The van der Waals surface area contributed by atoms with Crippen molar-refractivity contribution in [3.05, 3.63) is 35.9 Å². The normalized spacial score (nSPS) is 24.0. The fourth-order valence-electron chi connectivity index (χ4n) is 3.38. The summed E-state index contributed by atoms with van der Waals surface area (Å²) in [4.78, 5) is 26.6. The lowest BCUT2D eigenvalue weighted by Crippen LogP contribution is -2.40. The van der Waals surface area contributed by atoms with E-state index >= 15 is 0 Å². The number of carbonyl (C=O) groups excluding carboxylic acids is 2. The molecule has 2 fully saturated rings. The maximum Gasteiger partial charge on any atom is 0.249 e. The molecule has 1 atom stereocenters. The van der Waals surface area contributed by atoms with Gasteiger partial charge in [0.25, 0.3) is 0 Å². The van der Waals surface area contributed by atoms with E-state index in [1.165, 1.54) is 25.7 Å². The molecule has 112 valence electrons. The van der Waals surface area contributed by atoms with Crippen LogP contribution in [0.3, 0.4) is 0 Å². The highest BCUT2D eigenvalue weighted by Crippen LogP contribution is 2.27. The van der Waals surface area contributed by atoms with E-state index in [0.717, 1.165) is 12.1 Å². The molecule has 0 radical (unpaired) electrons. The van der Waals surface area contributed by atoms with Gasteiger partial charge >= 0.3 is 0 Å². The summed E-state index contributed by atoms with van der Waals surface area (Å²) >= 11 is 0. The summed E-state index contributed by atoms with van der Waals surface area (Å²) in [5.41, 5.74) is 0.870. The van der Waals surface area contributed by atoms with Crippen molar-refractivity contribution in [1.82, 2.24) is 10.2 Å². The fraction of sp³-hybridized carbons (Fsp3) is 0.529. The van der Waals surface area contributed by atoms with Gasteiger partial charge in [-0.3, -0.25) is 9.59 Å². The van der Waals surface area contributed by atoms with Crippen LogP contribution < -0.4 is 5.32 Å². The molecule has 2 amide bonds. The fourth-order valence-corrected chi connectivity index (χ4v) is 3.38. The van der Waals surface area contributed by atoms with Crippen LogP contribution in [0.4, 0.5) is 0 Å². The van der Waals surface area contributed by atoms with Gasteiger partial charge < -0.3 is 10.2 Å². The van der Waals surface area contributed by atoms with Gasteiger partial charge in [0.05, 0.1) is 0 Å². The molecule has 0 bridgehead atoms. The predicted octanol–water partition coefficient (Wildman–Crippen LogP) is 2.27. The number of carbonyl (C=O) groups is 2. The van der Waals surface area contributed by atoms with E-state index in [1.807, 2.05) is 35.2 Å². The molecule has 3 rings (SSSR count). The first-order valence-corrected chi connectivity index (χ1v) is 7.87. The molecule has 1 saturated heterocycles. The smallest absolute Gasteiger partial charge is 0.249 e. The first-order valence-electron chi connectivity index (χ1n) is 7.87. The van der Waals surface area contributed by atoms with Crippen LogP contribution in [0, 0.1) is 5.92 Å². The van der Waals surface area contributed by atoms with Gasteiger partial charge in [-0.15, -0.1) is 0 Å². The molecule has 1 unspecified atom stereocenters. The maximum absolute atomic E-state index is 12.8. The summed E-state index contributed by atoms with van der Waals surface area (Å²) in [6, 6.07) is 9.01. The second kappa shape index (κ2) is 6.29. The zero-order valence-corrected chi connectivity index (χ0v) is 12.3. The minimum absolute atomic E-state index is 0.0360. The third-order valence-electron chi connectivity index (χ3n) is 4.56. The average Bonchev–Trinajstić information content (AvgIpc) is 2.97. The standard InChI is InChI=1S/C17H22N2O2/c20-15-10-11-19(12-13-6-4-5-7-13)17(21)16(18-15)14-8-2-1-3-9-14/h1-3,8-9,13,16H,4-7,10-12H2,(H,18,20). The summed E-state index contributed by atoms with van der Waals surface area (Å²) < 4.78 is 0. The molecule has 0 aromatic heterocycles. The lowest BCUT2D eigenvalue weighted by Gasteiger charge is -2.26. The monoisotopic (exact) mass is 286 g/mol. The minimum Gasteiger partial charge on any atom is -0.340 e. The topological polar surface area (TPSA) is 49.4 Å². The first kappa shape index (κ1) is 14.1. The van der Waals surface area contributed by atoms with Gasteiger partial charge in [0.15, 0.2) is 0 Å². The zero-order valence-electron chi connectivity index (χ0n) is 12.3. The summed E-state index contributed by atoms with van der Waals surface area (Å²) in [5.74, 6) is 0.614. The van der Waals surface area contributed by atoms with Crippen LogP contribution >= 0.6 is 0 Å². The van der Waals surface area contributed by atoms with Crippen molar-refractivity contribution in [1.29, 1.82) is 0 Å². The van der Waals surface area contributed by atoms with E-state index in [1.54, 1.807) is 0 Å². The molecule has 2 aliphatic rings. The highest BCUT2D eigenvalue weighted by atomic mass is 16.2. The molecular weight excluding hydrogens is 264 g/mol. The van der Waals surface area contributed by atoms with E-state index in [9.17, 15) is 9.59 Å². The highest BCUT2D eigenvalue weighted by molar-refractivity contribution is 5.90. The molecule has 1 aliphatic carbocycles. The van der Waals surface area contributed by atoms with Gasteiger partial charge in [-0.1, -0.05) is 43.2 Å². The quantitative estimate of drug-likeness (QED) is 0.926. The molecule has 1 saturated carbocycles. The number of nitrogens with zero attached hydrogens (tertiary/aromatic N) is 1. The number of rotatable bonds is 3. The van der Waals surface area contributed by atoms with Gasteiger partial charge in [0, 0.05) is 19.5 Å². The Kier molecular flexibility index (Phi) is 4.23. The summed E-state index contributed by atoms with van der Waals surface area (Å²) in [5, 5.41) is 2.87. The predicted molar refractivity (Wildman–Crippen MR) is 80.5 cm³/mol. The van der Waals surface area contributed by atoms with Crippen molar-refractivity contribution in [2.75, 3.05) is 13.1 Å². The largest absolute Gasteiger partial charge is 0.340 e. The first-order chi connectivity index (χ1) is 10.2. The molecule has 1 aromatic rings. The van der Waals surface area contributed by atoms with Gasteiger partial charge in [-0.05, 0) is 24.3 Å². The van der Waals surface area contributed by atoms with E-state index in [4.69, 9.17) is 0 Å². The number of hydrogen-bond donors (Lipinski definition) is 1. The number of nitrogens with one attached hydrogen (secondary N) is 1. The van der Waals surface area contributed by atoms with Crippen LogP contribution in [0.25, 0.3) is 0 Å². The zero-order chi connectivity index (χ0) is 14.7. The van der Waals surface area contributed by atoms with Crippen LogP contribution in [-0.4, -0.2) is 29.8 Å².